The maximum atomic E-state index is 6.40. The number of aromatic nitrogens is 3. The standard InChI is InChI=1S/C48H29N3O/c1-3-11-30(12-4-1)34-21-24-43-39(26-34)40-25-32-15-7-8-16-33(32)28-44(40)51(43)48-47(36-19-22-38-37-17-9-10-18-45(37)52-46(38)29-36)49-42-27-35(20-23-41(42)50-48)31-13-5-2-6-14-31/h1-29H. The summed E-state index contributed by atoms with van der Waals surface area (Å²) < 4.78 is 8.71. The van der Waals surface area contributed by atoms with E-state index in [-0.39, 0.29) is 0 Å². The highest BCUT2D eigenvalue weighted by Crippen LogP contribution is 2.40. The predicted molar refractivity (Wildman–Crippen MR) is 215 cm³/mol. The van der Waals surface area contributed by atoms with Crippen molar-refractivity contribution in [2.75, 3.05) is 0 Å². The van der Waals surface area contributed by atoms with E-state index in [4.69, 9.17) is 14.4 Å². The summed E-state index contributed by atoms with van der Waals surface area (Å²) in [4.78, 5) is 10.9. The maximum absolute atomic E-state index is 6.40. The highest BCUT2D eigenvalue weighted by molar-refractivity contribution is 6.15. The van der Waals surface area contributed by atoms with Gasteiger partial charge >= 0.3 is 0 Å². The van der Waals surface area contributed by atoms with Crippen LogP contribution in [0.2, 0.25) is 0 Å². The third kappa shape index (κ3) is 4.48. The van der Waals surface area contributed by atoms with Crippen molar-refractivity contribution in [2.24, 2.45) is 0 Å². The average molecular weight is 664 g/mol. The summed E-state index contributed by atoms with van der Waals surface area (Å²) in [7, 11) is 0. The van der Waals surface area contributed by atoms with Crippen LogP contribution in [0.1, 0.15) is 0 Å². The SMILES string of the molecule is c1ccc(-c2ccc3nc(-n4c5ccc(-c6ccccc6)cc5c5cc6ccccc6cc54)c(-c4ccc5c(c4)oc4ccccc45)nc3c2)cc1. The molecule has 0 aliphatic heterocycles. The first-order valence-corrected chi connectivity index (χ1v) is 17.6. The van der Waals surface area contributed by atoms with Crippen LogP contribution in [0.5, 0.6) is 0 Å². The molecule has 0 N–H and O–H groups in total. The molecule has 52 heavy (non-hydrogen) atoms. The zero-order chi connectivity index (χ0) is 34.2. The second-order valence-corrected chi connectivity index (χ2v) is 13.4. The first kappa shape index (κ1) is 28.8. The molecule has 0 saturated carbocycles. The van der Waals surface area contributed by atoms with Crippen LogP contribution < -0.4 is 0 Å². The van der Waals surface area contributed by atoms with E-state index in [2.05, 4.69) is 162 Å². The predicted octanol–water partition coefficient (Wildman–Crippen LogP) is 12.8. The smallest absolute Gasteiger partial charge is 0.165 e. The van der Waals surface area contributed by atoms with E-state index in [1.165, 1.54) is 32.7 Å². The van der Waals surface area contributed by atoms with Crippen molar-refractivity contribution in [3.05, 3.63) is 176 Å². The maximum Gasteiger partial charge on any atom is 0.165 e. The minimum atomic E-state index is 0.776. The van der Waals surface area contributed by atoms with Crippen molar-refractivity contribution in [2.45, 2.75) is 0 Å². The summed E-state index contributed by atoms with van der Waals surface area (Å²) in [6.07, 6.45) is 0. The summed E-state index contributed by atoms with van der Waals surface area (Å²) >= 11 is 0. The van der Waals surface area contributed by atoms with Gasteiger partial charge in [0.15, 0.2) is 5.82 Å². The van der Waals surface area contributed by atoms with Crippen molar-refractivity contribution in [3.63, 3.8) is 0 Å². The fourth-order valence-electron chi connectivity index (χ4n) is 7.82. The fourth-order valence-corrected chi connectivity index (χ4v) is 7.82. The van der Waals surface area contributed by atoms with Gasteiger partial charge in [-0.05, 0) is 87.6 Å². The van der Waals surface area contributed by atoms with Crippen LogP contribution in [-0.2, 0) is 0 Å². The minimum absolute atomic E-state index is 0.776. The van der Waals surface area contributed by atoms with Crippen LogP contribution in [0.4, 0.5) is 0 Å². The molecule has 8 aromatic carbocycles. The molecule has 0 amide bonds. The van der Waals surface area contributed by atoms with Gasteiger partial charge in [0.05, 0.1) is 22.1 Å². The number of hydrogen-bond acceptors (Lipinski definition) is 3. The van der Waals surface area contributed by atoms with Crippen molar-refractivity contribution in [1.82, 2.24) is 14.5 Å². The van der Waals surface area contributed by atoms with E-state index in [1.807, 2.05) is 18.2 Å². The Bertz CT molecular complexity index is 3180. The number of para-hydroxylation sites is 1. The van der Waals surface area contributed by atoms with E-state index in [1.54, 1.807) is 0 Å². The van der Waals surface area contributed by atoms with Gasteiger partial charge in [0.25, 0.3) is 0 Å². The van der Waals surface area contributed by atoms with Gasteiger partial charge in [0.2, 0.25) is 0 Å². The average Bonchev–Trinajstić information content (AvgIpc) is 3.74. The van der Waals surface area contributed by atoms with Gasteiger partial charge in [0, 0.05) is 27.1 Å². The second kappa shape index (κ2) is 11.2. The fraction of sp³-hybridized carbons (Fsp3) is 0. The number of hydrogen-bond donors (Lipinski definition) is 0. The van der Waals surface area contributed by atoms with Gasteiger partial charge in [-0.3, -0.25) is 4.57 Å². The summed E-state index contributed by atoms with van der Waals surface area (Å²) in [5.74, 6) is 0.776. The topological polar surface area (TPSA) is 43.9 Å². The van der Waals surface area contributed by atoms with Crippen LogP contribution in [0, 0.1) is 0 Å². The van der Waals surface area contributed by atoms with E-state index in [0.29, 0.717) is 0 Å². The Morgan fingerprint density at radius 2 is 1.00 bits per heavy atom. The molecule has 11 rings (SSSR count). The molecule has 0 unspecified atom stereocenters. The van der Waals surface area contributed by atoms with Gasteiger partial charge in [0.1, 0.15) is 16.9 Å². The van der Waals surface area contributed by atoms with Crippen LogP contribution in [0.3, 0.4) is 0 Å². The van der Waals surface area contributed by atoms with Gasteiger partial charge < -0.3 is 4.42 Å². The summed E-state index contributed by atoms with van der Waals surface area (Å²) in [6, 6.07) is 62.0. The lowest BCUT2D eigenvalue weighted by Crippen LogP contribution is -2.04. The molecule has 242 valence electrons. The van der Waals surface area contributed by atoms with Crippen molar-refractivity contribution >= 4 is 65.6 Å². The van der Waals surface area contributed by atoms with E-state index in [9.17, 15) is 0 Å². The quantitative estimate of drug-likeness (QED) is 0.188. The molecule has 4 nitrogen and oxygen atoms in total. The zero-order valence-corrected chi connectivity index (χ0v) is 28.0. The van der Waals surface area contributed by atoms with Gasteiger partial charge in [-0.25, -0.2) is 9.97 Å². The third-order valence-corrected chi connectivity index (χ3v) is 10.4. The Kier molecular flexibility index (Phi) is 6.22. The number of fused-ring (bicyclic) bond motifs is 8. The number of nitrogens with zero attached hydrogens (tertiary/aromatic N) is 3. The van der Waals surface area contributed by atoms with Crippen molar-refractivity contribution in [3.8, 4) is 39.3 Å². The van der Waals surface area contributed by atoms with Gasteiger partial charge in [-0.2, -0.15) is 0 Å². The van der Waals surface area contributed by atoms with Crippen LogP contribution >= 0.6 is 0 Å². The van der Waals surface area contributed by atoms with E-state index >= 15 is 0 Å². The lowest BCUT2D eigenvalue weighted by molar-refractivity contribution is 0.669. The summed E-state index contributed by atoms with van der Waals surface area (Å²) in [5.41, 5.74) is 11.9. The first-order valence-electron chi connectivity index (χ1n) is 17.6. The Labute approximate surface area is 298 Å². The third-order valence-electron chi connectivity index (χ3n) is 10.4. The molecule has 3 heterocycles. The second-order valence-electron chi connectivity index (χ2n) is 13.4. The Morgan fingerprint density at radius 1 is 0.365 bits per heavy atom. The Hall–Kier alpha value is -7.04. The molecular weight excluding hydrogens is 635 g/mol. The molecule has 0 radical (unpaired) electrons. The number of furan rings is 1. The van der Waals surface area contributed by atoms with Crippen LogP contribution in [0.15, 0.2) is 180 Å². The first-order chi connectivity index (χ1) is 25.7. The molecule has 11 aromatic rings. The molecule has 0 aliphatic carbocycles. The van der Waals surface area contributed by atoms with Crippen LogP contribution in [-0.4, -0.2) is 14.5 Å². The lowest BCUT2D eigenvalue weighted by Gasteiger charge is -2.15. The molecule has 0 atom stereocenters. The summed E-state index contributed by atoms with van der Waals surface area (Å²) in [5, 5.41) is 6.90. The Morgan fingerprint density at radius 3 is 1.81 bits per heavy atom. The van der Waals surface area contributed by atoms with Gasteiger partial charge in [-0.1, -0.05) is 121 Å². The van der Waals surface area contributed by atoms with E-state index < -0.39 is 0 Å². The highest BCUT2D eigenvalue weighted by atomic mass is 16.3. The molecule has 0 fully saturated rings. The highest BCUT2D eigenvalue weighted by Gasteiger charge is 2.21. The number of rotatable bonds is 4. The van der Waals surface area contributed by atoms with Crippen LogP contribution in [0.25, 0.3) is 105 Å². The monoisotopic (exact) mass is 663 g/mol. The molecular formula is C48H29N3O. The normalized spacial score (nSPS) is 11.8. The summed E-state index contributed by atoms with van der Waals surface area (Å²) in [6.45, 7) is 0. The molecule has 0 bridgehead atoms. The van der Waals surface area contributed by atoms with Crippen molar-refractivity contribution in [1.29, 1.82) is 0 Å². The van der Waals surface area contributed by atoms with Crippen molar-refractivity contribution < 1.29 is 4.42 Å². The largest absolute Gasteiger partial charge is 0.456 e. The molecule has 0 spiro atoms. The molecule has 0 saturated heterocycles. The minimum Gasteiger partial charge on any atom is -0.456 e. The van der Waals surface area contributed by atoms with Gasteiger partial charge in [-0.15, -0.1) is 0 Å². The lowest BCUT2D eigenvalue weighted by atomic mass is 10.0. The molecule has 4 heteroatoms. The number of benzene rings is 8. The van der Waals surface area contributed by atoms with E-state index in [0.717, 1.165) is 72.2 Å². The Balaban J connectivity index is 1.23. The zero-order valence-electron chi connectivity index (χ0n) is 28.0. The molecule has 3 aromatic heterocycles. The molecule has 0 aliphatic rings.